The molecule has 0 radical (unpaired) electrons. The number of amides is 3. The van der Waals surface area contributed by atoms with Crippen LogP contribution in [0.15, 0.2) is 24.3 Å². The fraction of sp³-hybridized carbons (Fsp3) is 0.357. The van der Waals surface area contributed by atoms with E-state index in [0.717, 1.165) is 5.56 Å². The van der Waals surface area contributed by atoms with E-state index >= 15 is 0 Å². The van der Waals surface area contributed by atoms with Gasteiger partial charge in [0.05, 0.1) is 6.54 Å². The number of imide groups is 1. The second-order valence-electron chi connectivity index (χ2n) is 5.01. The summed E-state index contributed by atoms with van der Waals surface area (Å²) in [5.41, 5.74) is 3.26. The van der Waals surface area contributed by atoms with Gasteiger partial charge in [-0.3, -0.25) is 24.7 Å². The van der Waals surface area contributed by atoms with Crippen molar-refractivity contribution in [1.82, 2.24) is 10.3 Å². The molecule has 1 aliphatic rings. The van der Waals surface area contributed by atoms with E-state index < -0.39 is 0 Å². The van der Waals surface area contributed by atoms with Crippen molar-refractivity contribution in [3.8, 4) is 0 Å². The highest BCUT2D eigenvalue weighted by molar-refractivity contribution is 6.04. The lowest BCUT2D eigenvalue weighted by Crippen LogP contribution is -2.31. The fourth-order valence-electron chi connectivity index (χ4n) is 2.21. The molecule has 0 aliphatic carbocycles. The third kappa shape index (κ3) is 2.42. The first kappa shape index (κ1) is 14.2. The van der Waals surface area contributed by atoms with Crippen LogP contribution >= 0.6 is 0 Å². The van der Waals surface area contributed by atoms with Crippen molar-refractivity contribution in [3.63, 3.8) is 0 Å². The monoisotopic (exact) mass is 275 g/mol. The van der Waals surface area contributed by atoms with Crippen LogP contribution in [0.5, 0.6) is 0 Å². The lowest BCUT2D eigenvalue weighted by Gasteiger charge is -2.14. The van der Waals surface area contributed by atoms with Gasteiger partial charge in [0.1, 0.15) is 0 Å². The maximum absolute atomic E-state index is 12.0. The van der Waals surface area contributed by atoms with Crippen LogP contribution in [0.3, 0.4) is 0 Å². The van der Waals surface area contributed by atoms with Gasteiger partial charge in [0.2, 0.25) is 11.8 Å². The Labute approximate surface area is 116 Å². The Kier molecular flexibility index (Phi) is 3.85. The highest BCUT2D eigenvalue weighted by Crippen LogP contribution is 2.26. The van der Waals surface area contributed by atoms with E-state index in [9.17, 15) is 14.4 Å². The molecule has 0 aromatic heterocycles. The number of hydrogen-bond acceptors (Lipinski definition) is 4. The Balaban J connectivity index is 2.13. The van der Waals surface area contributed by atoms with Crippen LogP contribution < -0.4 is 11.3 Å². The Morgan fingerprint density at radius 3 is 2.10 bits per heavy atom. The van der Waals surface area contributed by atoms with Gasteiger partial charge in [-0.05, 0) is 17.7 Å². The van der Waals surface area contributed by atoms with Crippen LogP contribution in [0, 0.1) is 11.8 Å². The topological polar surface area (TPSA) is 92.5 Å². The minimum atomic E-state index is -0.382. The summed E-state index contributed by atoms with van der Waals surface area (Å²) in [4.78, 5) is 36.5. The van der Waals surface area contributed by atoms with E-state index in [1.54, 1.807) is 38.1 Å². The molecule has 0 spiro atoms. The normalized spacial score (nSPS) is 22.2. The van der Waals surface area contributed by atoms with Gasteiger partial charge in [-0.15, -0.1) is 0 Å². The number of nitrogens with one attached hydrogen (secondary N) is 1. The summed E-state index contributed by atoms with van der Waals surface area (Å²) in [6.45, 7) is 3.76. The highest BCUT2D eigenvalue weighted by atomic mass is 16.2. The molecule has 1 aliphatic heterocycles. The summed E-state index contributed by atoms with van der Waals surface area (Å²) in [5, 5.41) is 0. The Morgan fingerprint density at radius 2 is 1.65 bits per heavy atom. The molecule has 1 saturated heterocycles. The number of rotatable bonds is 3. The Bertz CT molecular complexity index is 533. The van der Waals surface area contributed by atoms with Crippen molar-refractivity contribution in [2.45, 2.75) is 20.4 Å². The first-order chi connectivity index (χ1) is 9.45. The van der Waals surface area contributed by atoms with Gasteiger partial charge in [0, 0.05) is 17.4 Å². The number of hydrogen-bond donors (Lipinski definition) is 2. The smallest absolute Gasteiger partial charge is 0.265 e. The van der Waals surface area contributed by atoms with E-state index in [2.05, 4.69) is 0 Å². The molecule has 2 unspecified atom stereocenters. The van der Waals surface area contributed by atoms with Gasteiger partial charge in [0.25, 0.3) is 5.91 Å². The zero-order valence-corrected chi connectivity index (χ0v) is 11.4. The summed E-state index contributed by atoms with van der Waals surface area (Å²) in [6.07, 6.45) is 0. The number of carbonyl (C=O) groups excluding carboxylic acids is 3. The van der Waals surface area contributed by atoms with Gasteiger partial charge in [-0.1, -0.05) is 26.0 Å². The van der Waals surface area contributed by atoms with Crippen molar-refractivity contribution in [1.29, 1.82) is 0 Å². The molecule has 3 N–H and O–H groups in total. The summed E-state index contributed by atoms with van der Waals surface area (Å²) < 4.78 is 0. The van der Waals surface area contributed by atoms with Gasteiger partial charge >= 0.3 is 0 Å². The summed E-state index contributed by atoms with van der Waals surface area (Å²) in [6, 6.07) is 6.63. The molecule has 1 fully saturated rings. The number of nitrogen functional groups attached to an aromatic ring is 1. The number of likely N-dealkylation sites (tertiary alicyclic amines) is 1. The molecule has 3 amide bonds. The fourth-order valence-corrected chi connectivity index (χ4v) is 2.21. The lowest BCUT2D eigenvalue weighted by molar-refractivity contribution is -0.140. The average molecular weight is 275 g/mol. The predicted molar refractivity (Wildman–Crippen MR) is 72.0 cm³/mol. The first-order valence-electron chi connectivity index (χ1n) is 6.40. The summed E-state index contributed by atoms with van der Waals surface area (Å²) >= 11 is 0. The third-order valence-electron chi connectivity index (χ3n) is 3.75. The van der Waals surface area contributed by atoms with Crippen molar-refractivity contribution >= 4 is 17.7 Å². The van der Waals surface area contributed by atoms with Crippen molar-refractivity contribution < 1.29 is 14.4 Å². The molecule has 2 rings (SSSR count). The molecular weight excluding hydrogens is 258 g/mol. The molecular formula is C14H17N3O3. The average Bonchev–Trinajstić information content (AvgIpc) is 2.65. The molecule has 106 valence electrons. The van der Waals surface area contributed by atoms with Crippen LogP contribution in [-0.2, 0) is 16.1 Å². The number of carbonyl (C=O) groups is 3. The number of benzene rings is 1. The van der Waals surface area contributed by atoms with Crippen LogP contribution in [0.1, 0.15) is 29.8 Å². The Morgan fingerprint density at radius 1 is 1.15 bits per heavy atom. The van der Waals surface area contributed by atoms with E-state index in [-0.39, 0.29) is 36.1 Å². The Hall–Kier alpha value is -2.21. The predicted octanol–water partition coefficient (Wildman–Crippen LogP) is 0.431. The SMILES string of the molecule is CC1C(=O)N(Cc2ccc(C(=O)NN)cc2)C(=O)C1C. The van der Waals surface area contributed by atoms with E-state index in [1.807, 2.05) is 5.43 Å². The van der Waals surface area contributed by atoms with E-state index in [0.29, 0.717) is 5.56 Å². The number of nitrogens with two attached hydrogens (primary N) is 1. The van der Waals surface area contributed by atoms with E-state index in [1.165, 1.54) is 4.90 Å². The summed E-state index contributed by atoms with van der Waals surface area (Å²) in [5.74, 6) is 3.82. The van der Waals surface area contributed by atoms with Crippen LogP contribution in [-0.4, -0.2) is 22.6 Å². The molecule has 2 atom stereocenters. The molecule has 0 saturated carbocycles. The largest absolute Gasteiger partial charge is 0.290 e. The van der Waals surface area contributed by atoms with Gasteiger partial charge < -0.3 is 0 Å². The molecule has 1 aromatic rings. The van der Waals surface area contributed by atoms with Crippen molar-refractivity contribution in [2.75, 3.05) is 0 Å². The van der Waals surface area contributed by atoms with Crippen LogP contribution in [0.25, 0.3) is 0 Å². The lowest BCUT2D eigenvalue weighted by atomic mass is 10.00. The molecule has 20 heavy (non-hydrogen) atoms. The van der Waals surface area contributed by atoms with Crippen molar-refractivity contribution in [3.05, 3.63) is 35.4 Å². The van der Waals surface area contributed by atoms with E-state index in [4.69, 9.17) is 5.84 Å². The molecule has 6 nitrogen and oxygen atoms in total. The third-order valence-corrected chi connectivity index (χ3v) is 3.75. The molecule has 0 bridgehead atoms. The minimum absolute atomic E-state index is 0.147. The van der Waals surface area contributed by atoms with Crippen LogP contribution in [0.2, 0.25) is 0 Å². The molecule has 1 aromatic carbocycles. The maximum Gasteiger partial charge on any atom is 0.265 e. The number of hydrazine groups is 1. The van der Waals surface area contributed by atoms with Gasteiger partial charge in [-0.2, -0.15) is 0 Å². The second kappa shape index (κ2) is 5.42. The molecule has 6 heteroatoms. The van der Waals surface area contributed by atoms with Crippen LogP contribution in [0.4, 0.5) is 0 Å². The second-order valence-corrected chi connectivity index (χ2v) is 5.01. The summed E-state index contributed by atoms with van der Waals surface area (Å²) in [7, 11) is 0. The standard InChI is InChI=1S/C14H17N3O3/c1-8-9(2)14(20)17(13(8)19)7-10-3-5-11(6-4-10)12(18)16-15/h3-6,8-9H,7,15H2,1-2H3,(H,16,18). The highest BCUT2D eigenvalue weighted by Gasteiger charge is 2.41. The molecule has 1 heterocycles. The van der Waals surface area contributed by atoms with Gasteiger partial charge in [-0.25, -0.2) is 5.84 Å². The maximum atomic E-state index is 12.0. The first-order valence-corrected chi connectivity index (χ1v) is 6.40. The zero-order chi connectivity index (χ0) is 14.9. The number of nitrogens with zero attached hydrogens (tertiary/aromatic N) is 1. The quantitative estimate of drug-likeness (QED) is 0.362. The zero-order valence-electron chi connectivity index (χ0n) is 11.4. The minimum Gasteiger partial charge on any atom is -0.290 e. The van der Waals surface area contributed by atoms with Crippen molar-refractivity contribution in [2.24, 2.45) is 17.7 Å². The van der Waals surface area contributed by atoms with Gasteiger partial charge in [0.15, 0.2) is 0 Å².